The van der Waals surface area contributed by atoms with Crippen LogP contribution in [0.4, 0.5) is 5.69 Å². The van der Waals surface area contributed by atoms with Crippen LogP contribution in [-0.4, -0.2) is 29.6 Å². The van der Waals surface area contributed by atoms with Crippen molar-refractivity contribution in [3.63, 3.8) is 0 Å². The number of rotatable bonds is 5. The van der Waals surface area contributed by atoms with E-state index in [1.807, 2.05) is 0 Å². The number of aryl methyl sites for hydroxylation is 1. The lowest BCUT2D eigenvalue weighted by Crippen LogP contribution is -2.25. The Hall–Kier alpha value is -2.46. The Kier molecular flexibility index (Phi) is 3.91. The molecule has 0 amide bonds. The highest BCUT2D eigenvalue weighted by atomic mass is 32.2. The van der Waals surface area contributed by atoms with Crippen molar-refractivity contribution >= 4 is 21.7 Å². The summed E-state index contributed by atoms with van der Waals surface area (Å²) >= 11 is 0. The minimum absolute atomic E-state index is 0.0726. The van der Waals surface area contributed by atoms with Gasteiger partial charge in [0.05, 0.1) is 17.0 Å². The van der Waals surface area contributed by atoms with Crippen molar-refractivity contribution in [3.8, 4) is 0 Å². The predicted octanol–water partition coefficient (Wildman–Crippen LogP) is 0.137. The lowest BCUT2D eigenvalue weighted by molar-refractivity contribution is 0.0692. The molecule has 4 N–H and O–H groups in total. The molecule has 0 saturated carbocycles. The van der Waals surface area contributed by atoms with Crippen LogP contribution >= 0.6 is 0 Å². The Balaban J connectivity index is 2.29. The Bertz CT molecular complexity index is 784. The largest absolute Gasteiger partial charge is 0.478 e. The molecule has 0 radical (unpaired) electrons. The molecule has 0 atom stereocenters. The van der Waals surface area contributed by atoms with E-state index in [-0.39, 0.29) is 23.0 Å². The molecule has 2 rings (SSSR count). The number of carboxylic acid groups (broad SMARTS) is 1. The zero-order chi connectivity index (χ0) is 15.6. The van der Waals surface area contributed by atoms with E-state index in [4.69, 9.17) is 15.4 Å². The van der Waals surface area contributed by atoms with Gasteiger partial charge in [-0.2, -0.15) is 4.98 Å². The summed E-state index contributed by atoms with van der Waals surface area (Å²) in [5.74, 6) is -0.956. The van der Waals surface area contributed by atoms with Gasteiger partial charge < -0.3 is 15.4 Å². The van der Waals surface area contributed by atoms with Crippen molar-refractivity contribution in [2.75, 3.05) is 5.73 Å². The second-order valence-corrected chi connectivity index (χ2v) is 5.86. The first-order chi connectivity index (χ1) is 9.79. The van der Waals surface area contributed by atoms with Gasteiger partial charge in [-0.05, 0) is 25.1 Å². The Labute approximate surface area is 119 Å². The summed E-state index contributed by atoms with van der Waals surface area (Å²) in [6, 6.07) is 3.51. The number of hydrogen-bond acceptors (Lipinski definition) is 7. The highest BCUT2D eigenvalue weighted by molar-refractivity contribution is 7.89. The Morgan fingerprint density at radius 3 is 2.76 bits per heavy atom. The van der Waals surface area contributed by atoms with Gasteiger partial charge in [0.2, 0.25) is 15.9 Å². The van der Waals surface area contributed by atoms with Gasteiger partial charge in [-0.25, -0.2) is 17.9 Å². The number of nitrogens with two attached hydrogens (primary N) is 1. The normalized spacial score (nSPS) is 11.5. The molecule has 0 aliphatic carbocycles. The number of nitrogens with zero attached hydrogens (tertiary/aromatic N) is 2. The van der Waals surface area contributed by atoms with Gasteiger partial charge in [-0.1, -0.05) is 5.16 Å². The number of anilines is 1. The Morgan fingerprint density at radius 2 is 2.19 bits per heavy atom. The number of aromatic nitrogens is 2. The molecule has 2 aromatic rings. The SMILES string of the molecule is Cc1noc(CNS(=O)(=O)c2ccc(N)cc2C(=O)O)n1. The molecule has 0 fully saturated rings. The minimum atomic E-state index is -4.06. The number of carbonyl (C=O) groups is 1. The topological polar surface area (TPSA) is 148 Å². The maximum atomic E-state index is 12.1. The van der Waals surface area contributed by atoms with Gasteiger partial charge >= 0.3 is 5.97 Å². The summed E-state index contributed by atoms with van der Waals surface area (Å²) in [6.07, 6.45) is 0. The number of benzene rings is 1. The zero-order valence-corrected chi connectivity index (χ0v) is 11.7. The second kappa shape index (κ2) is 5.50. The van der Waals surface area contributed by atoms with Crippen molar-refractivity contribution in [2.24, 2.45) is 0 Å². The molecule has 0 spiro atoms. The quantitative estimate of drug-likeness (QED) is 0.660. The lowest BCUT2D eigenvalue weighted by Gasteiger charge is -2.08. The van der Waals surface area contributed by atoms with Crippen LogP contribution in [0.2, 0.25) is 0 Å². The summed E-state index contributed by atoms with van der Waals surface area (Å²) < 4.78 is 31.2. The monoisotopic (exact) mass is 312 g/mol. The molecule has 0 saturated heterocycles. The van der Waals surface area contributed by atoms with Crippen LogP contribution in [0, 0.1) is 6.92 Å². The van der Waals surface area contributed by atoms with Crippen LogP contribution in [0.15, 0.2) is 27.6 Å². The summed E-state index contributed by atoms with van der Waals surface area (Å²) in [7, 11) is -4.06. The average Bonchev–Trinajstić information content (AvgIpc) is 2.82. The van der Waals surface area contributed by atoms with E-state index in [0.717, 1.165) is 12.1 Å². The first-order valence-electron chi connectivity index (χ1n) is 5.71. The molecule has 1 heterocycles. The fourth-order valence-electron chi connectivity index (χ4n) is 1.60. The third kappa shape index (κ3) is 3.35. The maximum absolute atomic E-state index is 12.1. The van der Waals surface area contributed by atoms with Crippen molar-refractivity contribution in [1.82, 2.24) is 14.9 Å². The molecule has 9 nitrogen and oxygen atoms in total. The lowest BCUT2D eigenvalue weighted by atomic mass is 10.2. The molecule has 1 aromatic heterocycles. The van der Waals surface area contributed by atoms with E-state index < -0.39 is 21.6 Å². The van der Waals surface area contributed by atoms with Gasteiger partial charge in [0.25, 0.3) is 0 Å². The first kappa shape index (κ1) is 14.9. The van der Waals surface area contributed by atoms with Crippen LogP contribution < -0.4 is 10.5 Å². The summed E-state index contributed by atoms with van der Waals surface area (Å²) in [5, 5.41) is 12.6. The van der Waals surface area contributed by atoms with Crippen molar-refractivity contribution < 1.29 is 22.8 Å². The minimum Gasteiger partial charge on any atom is -0.478 e. The van der Waals surface area contributed by atoms with Gasteiger partial charge in [-0.3, -0.25) is 0 Å². The van der Waals surface area contributed by atoms with E-state index in [0.29, 0.717) is 5.82 Å². The van der Waals surface area contributed by atoms with E-state index >= 15 is 0 Å². The fourth-order valence-corrected chi connectivity index (χ4v) is 2.75. The molecule has 0 unspecified atom stereocenters. The summed E-state index contributed by atoms with van der Waals surface area (Å²) in [4.78, 5) is 14.6. The van der Waals surface area contributed by atoms with Gasteiger partial charge in [-0.15, -0.1) is 0 Å². The van der Waals surface area contributed by atoms with Crippen molar-refractivity contribution in [3.05, 3.63) is 35.5 Å². The van der Waals surface area contributed by atoms with Crippen LogP contribution in [0.1, 0.15) is 22.1 Å². The van der Waals surface area contributed by atoms with E-state index in [2.05, 4.69) is 14.9 Å². The molecule has 0 aliphatic rings. The van der Waals surface area contributed by atoms with Gasteiger partial charge in [0.1, 0.15) is 0 Å². The number of carboxylic acids is 1. The summed E-state index contributed by atoms with van der Waals surface area (Å²) in [6.45, 7) is 1.34. The van der Waals surface area contributed by atoms with Crippen molar-refractivity contribution in [2.45, 2.75) is 18.4 Å². The van der Waals surface area contributed by atoms with Gasteiger partial charge in [0, 0.05) is 5.69 Å². The standard InChI is InChI=1S/C11H12N4O5S/c1-6-14-10(20-15-6)5-13-21(18,19)9-3-2-7(12)4-8(9)11(16)17/h2-4,13H,5,12H2,1H3,(H,16,17). The molecule has 112 valence electrons. The van der Waals surface area contributed by atoms with Crippen LogP contribution in [-0.2, 0) is 16.6 Å². The maximum Gasteiger partial charge on any atom is 0.337 e. The molecule has 10 heteroatoms. The average molecular weight is 312 g/mol. The van der Waals surface area contributed by atoms with E-state index in [1.165, 1.54) is 6.07 Å². The Morgan fingerprint density at radius 1 is 1.48 bits per heavy atom. The second-order valence-electron chi connectivity index (χ2n) is 4.12. The number of aromatic carboxylic acids is 1. The smallest absolute Gasteiger partial charge is 0.337 e. The number of nitrogen functional groups attached to an aromatic ring is 1. The van der Waals surface area contributed by atoms with Gasteiger partial charge in [0.15, 0.2) is 5.82 Å². The number of sulfonamides is 1. The highest BCUT2D eigenvalue weighted by Crippen LogP contribution is 2.19. The van der Waals surface area contributed by atoms with Crippen LogP contribution in [0.5, 0.6) is 0 Å². The highest BCUT2D eigenvalue weighted by Gasteiger charge is 2.23. The predicted molar refractivity (Wildman–Crippen MR) is 70.9 cm³/mol. The molecular formula is C11H12N4O5S. The molecule has 1 aromatic carbocycles. The fraction of sp³-hybridized carbons (Fsp3) is 0.182. The first-order valence-corrected chi connectivity index (χ1v) is 7.19. The third-order valence-electron chi connectivity index (χ3n) is 2.51. The van der Waals surface area contributed by atoms with E-state index in [9.17, 15) is 13.2 Å². The van der Waals surface area contributed by atoms with Crippen LogP contribution in [0.25, 0.3) is 0 Å². The zero-order valence-electron chi connectivity index (χ0n) is 10.9. The molecular weight excluding hydrogens is 300 g/mol. The van der Waals surface area contributed by atoms with E-state index in [1.54, 1.807) is 6.92 Å². The third-order valence-corrected chi connectivity index (χ3v) is 3.97. The van der Waals surface area contributed by atoms with Crippen LogP contribution in [0.3, 0.4) is 0 Å². The van der Waals surface area contributed by atoms with Crippen molar-refractivity contribution in [1.29, 1.82) is 0 Å². The summed E-state index contributed by atoms with van der Waals surface area (Å²) in [5.41, 5.74) is 5.20. The number of hydrogen-bond donors (Lipinski definition) is 3. The molecule has 21 heavy (non-hydrogen) atoms. The molecule has 0 aliphatic heterocycles. The molecule has 0 bridgehead atoms. The number of nitrogens with one attached hydrogen (secondary N) is 1.